The van der Waals surface area contributed by atoms with Crippen LogP contribution in [-0.2, 0) is 6.42 Å². The van der Waals surface area contributed by atoms with Gasteiger partial charge in [-0.05, 0) is 52.1 Å². The number of nitrogens with one attached hydrogen (secondary N) is 1. The monoisotopic (exact) mass is 549 g/mol. The number of aromatic carboxylic acids is 1. The van der Waals surface area contributed by atoms with Gasteiger partial charge in [-0.1, -0.05) is 133 Å². The number of carbonyl (C=O) groups is 1. The van der Waals surface area contributed by atoms with Gasteiger partial charge in [-0.2, -0.15) is 0 Å². The Balaban J connectivity index is 1.16. The number of para-hydroxylation sites is 1. The maximum Gasteiger partial charge on any atom is 0.352 e. The van der Waals surface area contributed by atoms with Crippen molar-refractivity contribution >= 4 is 51.9 Å². The zero-order valence-corrected chi connectivity index (χ0v) is 23.2. The molecule has 42 heavy (non-hydrogen) atoms. The van der Waals surface area contributed by atoms with Gasteiger partial charge in [0.25, 0.3) is 0 Å². The summed E-state index contributed by atoms with van der Waals surface area (Å²) in [6, 6.07) is 38.7. The Morgan fingerprint density at radius 3 is 2.05 bits per heavy atom. The molecule has 0 spiro atoms. The van der Waals surface area contributed by atoms with Crippen LogP contribution in [0.1, 0.15) is 44.7 Å². The van der Waals surface area contributed by atoms with Gasteiger partial charge in [-0.15, -0.1) is 0 Å². The highest BCUT2D eigenvalue weighted by Gasteiger charge is 2.18. The van der Waals surface area contributed by atoms with Crippen molar-refractivity contribution in [3.63, 3.8) is 0 Å². The summed E-state index contributed by atoms with van der Waals surface area (Å²) in [5.41, 5.74) is 6.19. The van der Waals surface area contributed by atoms with E-state index in [1.54, 1.807) is 0 Å². The van der Waals surface area contributed by atoms with E-state index in [0.717, 1.165) is 55.2 Å². The van der Waals surface area contributed by atoms with Gasteiger partial charge < -0.3 is 14.8 Å². The predicted octanol–water partition coefficient (Wildman–Crippen LogP) is 9.37. The largest absolute Gasteiger partial charge is 0.493 e. The van der Waals surface area contributed by atoms with Crippen molar-refractivity contribution in [2.24, 2.45) is 0 Å². The molecule has 0 bridgehead atoms. The number of rotatable bonds is 10. The first-order valence-electron chi connectivity index (χ1n) is 14.1. The molecular formula is C38H31NO3. The fourth-order valence-electron chi connectivity index (χ4n) is 5.29. The highest BCUT2D eigenvalue weighted by Crippen LogP contribution is 2.29. The summed E-state index contributed by atoms with van der Waals surface area (Å²) in [4.78, 5) is 15.4. The first-order valence-corrected chi connectivity index (χ1v) is 14.1. The average molecular weight is 550 g/mol. The van der Waals surface area contributed by atoms with E-state index in [1.165, 1.54) is 0 Å². The molecule has 0 amide bonds. The maximum absolute atomic E-state index is 12.2. The molecule has 0 unspecified atom stereocenters. The topological polar surface area (TPSA) is 62.3 Å². The molecule has 4 heteroatoms. The number of aromatic nitrogens is 1. The smallest absolute Gasteiger partial charge is 0.352 e. The minimum Gasteiger partial charge on any atom is -0.493 e. The number of benzene rings is 5. The lowest BCUT2D eigenvalue weighted by molar-refractivity contribution is 0.0690. The Morgan fingerprint density at radius 1 is 0.667 bits per heavy atom. The van der Waals surface area contributed by atoms with Crippen LogP contribution in [0.4, 0.5) is 0 Å². The van der Waals surface area contributed by atoms with Crippen LogP contribution >= 0.6 is 0 Å². The van der Waals surface area contributed by atoms with Crippen LogP contribution in [-0.4, -0.2) is 22.7 Å². The standard InChI is InChI=1S/C38H31NO3/c40-38(41)37-34(16-8-26-42-35-17-7-12-30-11-4-5-14-32(30)35)33-15-6-13-31(36(33)39-37)25-24-29-22-20-28(21-23-29)19-18-27-9-2-1-3-10-27/h1-7,9-15,17-25,39H,8,16,26H2,(H,40,41). The van der Waals surface area contributed by atoms with Gasteiger partial charge in [-0.25, -0.2) is 4.79 Å². The van der Waals surface area contributed by atoms with Gasteiger partial charge in [0.2, 0.25) is 0 Å². The predicted molar refractivity (Wildman–Crippen MR) is 174 cm³/mol. The second-order valence-electron chi connectivity index (χ2n) is 10.2. The Bertz CT molecular complexity index is 1890. The lowest BCUT2D eigenvalue weighted by Gasteiger charge is -2.09. The van der Waals surface area contributed by atoms with E-state index in [1.807, 2.05) is 66.7 Å². The Kier molecular flexibility index (Phi) is 7.96. The van der Waals surface area contributed by atoms with Crippen molar-refractivity contribution in [1.29, 1.82) is 0 Å². The molecule has 0 radical (unpaired) electrons. The van der Waals surface area contributed by atoms with E-state index in [0.29, 0.717) is 19.4 Å². The summed E-state index contributed by atoms with van der Waals surface area (Å²) < 4.78 is 6.11. The molecule has 6 aromatic rings. The van der Waals surface area contributed by atoms with E-state index in [4.69, 9.17) is 4.74 Å². The molecule has 0 aliphatic rings. The number of hydrogen-bond donors (Lipinski definition) is 2. The van der Waals surface area contributed by atoms with E-state index >= 15 is 0 Å². The van der Waals surface area contributed by atoms with Crippen molar-refractivity contribution in [3.05, 3.63) is 149 Å². The third kappa shape index (κ3) is 6.03. The number of carboxylic acids is 1. The molecule has 1 aromatic heterocycles. The van der Waals surface area contributed by atoms with Crippen LogP contribution in [0.15, 0.2) is 115 Å². The second kappa shape index (κ2) is 12.4. The molecule has 6 rings (SSSR count). The minimum atomic E-state index is -0.953. The van der Waals surface area contributed by atoms with Crippen molar-refractivity contribution in [1.82, 2.24) is 4.98 Å². The Hall–Kier alpha value is -5.35. The number of fused-ring (bicyclic) bond motifs is 2. The lowest BCUT2D eigenvalue weighted by Crippen LogP contribution is -2.04. The fourth-order valence-corrected chi connectivity index (χ4v) is 5.29. The third-order valence-corrected chi connectivity index (χ3v) is 7.43. The van der Waals surface area contributed by atoms with Crippen molar-refractivity contribution in [2.45, 2.75) is 12.8 Å². The van der Waals surface area contributed by atoms with Crippen LogP contribution in [0, 0.1) is 0 Å². The summed E-state index contributed by atoms with van der Waals surface area (Å²) in [6.45, 7) is 0.496. The summed E-state index contributed by atoms with van der Waals surface area (Å²) in [7, 11) is 0. The van der Waals surface area contributed by atoms with Crippen LogP contribution in [0.25, 0.3) is 46.0 Å². The van der Waals surface area contributed by atoms with Crippen LogP contribution < -0.4 is 4.74 Å². The number of aromatic amines is 1. The van der Waals surface area contributed by atoms with E-state index < -0.39 is 5.97 Å². The van der Waals surface area contributed by atoms with Gasteiger partial charge in [0.05, 0.1) is 12.1 Å². The molecule has 2 N–H and O–H groups in total. The Morgan fingerprint density at radius 2 is 1.29 bits per heavy atom. The molecule has 0 saturated heterocycles. The van der Waals surface area contributed by atoms with E-state index in [2.05, 4.69) is 77.8 Å². The molecule has 5 aromatic carbocycles. The SMILES string of the molecule is O=C(O)c1[nH]c2c(C=Cc3ccc(C=Cc4ccccc4)cc3)cccc2c1CCCOc1cccc2ccccc12. The first kappa shape index (κ1) is 26.9. The Labute approximate surface area is 245 Å². The van der Waals surface area contributed by atoms with E-state index in [9.17, 15) is 9.90 Å². The first-order chi connectivity index (χ1) is 20.7. The number of H-pyrrole nitrogens is 1. The summed E-state index contributed by atoms with van der Waals surface area (Å²) in [6.07, 6.45) is 9.58. The van der Waals surface area contributed by atoms with Gasteiger partial charge in [0.15, 0.2) is 0 Å². The second-order valence-corrected chi connectivity index (χ2v) is 10.2. The molecule has 206 valence electrons. The number of ether oxygens (including phenoxy) is 1. The molecule has 1 heterocycles. The van der Waals surface area contributed by atoms with Crippen molar-refractivity contribution in [2.75, 3.05) is 6.61 Å². The van der Waals surface area contributed by atoms with Crippen molar-refractivity contribution < 1.29 is 14.6 Å². The molecule has 0 atom stereocenters. The molecule has 0 saturated carbocycles. The third-order valence-electron chi connectivity index (χ3n) is 7.43. The summed E-state index contributed by atoms with van der Waals surface area (Å²) >= 11 is 0. The van der Waals surface area contributed by atoms with Gasteiger partial charge in [0, 0.05) is 10.8 Å². The minimum absolute atomic E-state index is 0.241. The fraction of sp³-hybridized carbons (Fsp3) is 0.0789. The van der Waals surface area contributed by atoms with Gasteiger partial charge in [0.1, 0.15) is 11.4 Å². The van der Waals surface area contributed by atoms with Crippen molar-refractivity contribution in [3.8, 4) is 5.75 Å². The summed E-state index contributed by atoms with van der Waals surface area (Å²) in [5.74, 6) is -0.108. The molecule has 0 fully saturated rings. The number of hydrogen-bond acceptors (Lipinski definition) is 2. The molecule has 0 aliphatic carbocycles. The maximum atomic E-state index is 12.2. The van der Waals surface area contributed by atoms with E-state index in [-0.39, 0.29) is 5.69 Å². The lowest BCUT2D eigenvalue weighted by atomic mass is 10.0. The quantitative estimate of drug-likeness (QED) is 0.132. The summed E-state index contributed by atoms with van der Waals surface area (Å²) in [5, 5.41) is 13.1. The molecular weight excluding hydrogens is 518 g/mol. The average Bonchev–Trinajstić information content (AvgIpc) is 3.42. The van der Waals surface area contributed by atoms with Crippen LogP contribution in [0.5, 0.6) is 5.75 Å². The highest BCUT2D eigenvalue weighted by atomic mass is 16.5. The highest BCUT2D eigenvalue weighted by molar-refractivity contribution is 6.01. The zero-order valence-electron chi connectivity index (χ0n) is 23.2. The molecule has 0 aliphatic heterocycles. The number of carboxylic acid groups (broad SMARTS) is 1. The number of aryl methyl sites for hydroxylation is 1. The zero-order chi connectivity index (χ0) is 28.7. The molecule has 4 nitrogen and oxygen atoms in total. The van der Waals surface area contributed by atoms with Gasteiger partial charge in [-0.3, -0.25) is 0 Å². The van der Waals surface area contributed by atoms with Crippen LogP contribution in [0.3, 0.4) is 0 Å². The van der Waals surface area contributed by atoms with Gasteiger partial charge >= 0.3 is 5.97 Å². The normalized spacial score (nSPS) is 11.6. The van der Waals surface area contributed by atoms with Crippen LogP contribution in [0.2, 0.25) is 0 Å².